The second kappa shape index (κ2) is 5.90. The number of amides is 2. The highest BCUT2D eigenvalue weighted by Crippen LogP contribution is 2.25. The van der Waals surface area contributed by atoms with Crippen molar-refractivity contribution in [2.45, 2.75) is 44.6 Å². The molecule has 2 saturated heterocycles. The van der Waals surface area contributed by atoms with Gasteiger partial charge in [-0.2, -0.15) is 0 Å². The van der Waals surface area contributed by atoms with Gasteiger partial charge in [0, 0.05) is 20.1 Å². The van der Waals surface area contributed by atoms with Crippen molar-refractivity contribution in [1.82, 2.24) is 15.5 Å². The molecule has 0 aromatic carbocycles. The van der Waals surface area contributed by atoms with E-state index in [-0.39, 0.29) is 17.7 Å². The summed E-state index contributed by atoms with van der Waals surface area (Å²) >= 11 is 0. The van der Waals surface area contributed by atoms with E-state index in [4.69, 9.17) is 0 Å². The van der Waals surface area contributed by atoms with Gasteiger partial charge < -0.3 is 15.5 Å². The zero-order valence-electron chi connectivity index (χ0n) is 12.0. The van der Waals surface area contributed by atoms with Gasteiger partial charge in [0.2, 0.25) is 11.8 Å². The van der Waals surface area contributed by atoms with E-state index in [0.29, 0.717) is 6.54 Å². The second-order valence-electron chi connectivity index (χ2n) is 5.92. The molecule has 2 amide bonds. The Kier molecular flexibility index (Phi) is 4.45. The number of carbonyl (C=O) groups is 2. The Morgan fingerprint density at radius 3 is 2.74 bits per heavy atom. The van der Waals surface area contributed by atoms with Crippen LogP contribution in [0.2, 0.25) is 0 Å². The van der Waals surface area contributed by atoms with Gasteiger partial charge in [0.25, 0.3) is 0 Å². The minimum absolute atomic E-state index is 0.0464. The largest absolute Gasteiger partial charge is 0.359 e. The molecule has 108 valence electrons. The van der Waals surface area contributed by atoms with Gasteiger partial charge in [-0.05, 0) is 45.6 Å². The molecule has 2 atom stereocenters. The van der Waals surface area contributed by atoms with Crippen LogP contribution < -0.4 is 10.6 Å². The van der Waals surface area contributed by atoms with Crippen molar-refractivity contribution in [2.24, 2.45) is 5.92 Å². The average molecular weight is 267 g/mol. The second-order valence-corrected chi connectivity index (χ2v) is 5.92. The summed E-state index contributed by atoms with van der Waals surface area (Å²) in [5, 5.41) is 6.05. The van der Waals surface area contributed by atoms with Crippen LogP contribution in [0.1, 0.15) is 39.0 Å². The maximum Gasteiger partial charge on any atom is 0.242 e. The fourth-order valence-electron chi connectivity index (χ4n) is 3.17. The zero-order chi connectivity index (χ0) is 13.9. The van der Waals surface area contributed by atoms with E-state index in [0.717, 1.165) is 45.2 Å². The molecule has 0 spiro atoms. The molecule has 0 aliphatic carbocycles. The summed E-state index contributed by atoms with van der Waals surface area (Å²) in [6, 6.07) is 0. The topological polar surface area (TPSA) is 61.4 Å². The maximum atomic E-state index is 12.7. The van der Waals surface area contributed by atoms with Crippen LogP contribution in [0.5, 0.6) is 0 Å². The van der Waals surface area contributed by atoms with Crippen molar-refractivity contribution >= 4 is 11.8 Å². The molecule has 0 aromatic rings. The minimum atomic E-state index is -0.428. The van der Waals surface area contributed by atoms with Gasteiger partial charge in [-0.25, -0.2) is 0 Å². The molecular formula is C14H25N3O2. The van der Waals surface area contributed by atoms with Gasteiger partial charge >= 0.3 is 0 Å². The van der Waals surface area contributed by atoms with E-state index in [1.54, 1.807) is 7.05 Å². The lowest BCUT2D eigenvalue weighted by Gasteiger charge is -2.40. The quantitative estimate of drug-likeness (QED) is 0.766. The first-order chi connectivity index (χ1) is 9.07. The van der Waals surface area contributed by atoms with Gasteiger partial charge in [0.05, 0.1) is 11.5 Å². The Balaban J connectivity index is 2.00. The lowest BCUT2D eigenvalue weighted by molar-refractivity contribution is -0.142. The van der Waals surface area contributed by atoms with E-state index >= 15 is 0 Å². The van der Waals surface area contributed by atoms with Crippen LogP contribution in [0.15, 0.2) is 0 Å². The molecule has 0 bridgehead atoms. The van der Waals surface area contributed by atoms with Crippen LogP contribution >= 0.6 is 0 Å². The molecule has 2 rings (SSSR count). The summed E-state index contributed by atoms with van der Waals surface area (Å²) in [6.07, 6.45) is 4.94. The molecule has 2 aliphatic rings. The van der Waals surface area contributed by atoms with E-state index in [2.05, 4.69) is 10.6 Å². The molecule has 19 heavy (non-hydrogen) atoms. The number of nitrogens with one attached hydrogen (secondary N) is 2. The third-order valence-electron chi connectivity index (χ3n) is 4.42. The van der Waals surface area contributed by atoms with Crippen molar-refractivity contribution < 1.29 is 9.59 Å². The number of carbonyl (C=O) groups excluding carboxylic acids is 2. The van der Waals surface area contributed by atoms with Crippen molar-refractivity contribution in [3.8, 4) is 0 Å². The van der Waals surface area contributed by atoms with E-state index in [9.17, 15) is 9.59 Å². The van der Waals surface area contributed by atoms with Crippen LogP contribution in [-0.4, -0.2) is 48.9 Å². The molecule has 0 saturated carbocycles. The van der Waals surface area contributed by atoms with E-state index in [1.165, 1.54) is 0 Å². The van der Waals surface area contributed by atoms with Gasteiger partial charge in [-0.3, -0.25) is 9.59 Å². The Morgan fingerprint density at radius 2 is 2.11 bits per heavy atom. The number of nitrogens with zero attached hydrogens (tertiary/aromatic N) is 1. The van der Waals surface area contributed by atoms with Crippen LogP contribution in [0.25, 0.3) is 0 Å². The molecule has 2 heterocycles. The first kappa shape index (κ1) is 14.3. The van der Waals surface area contributed by atoms with Crippen LogP contribution in [-0.2, 0) is 9.59 Å². The van der Waals surface area contributed by atoms with Gasteiger partial charge in [0.15, 0.2) is 0 Å². The standard InChI is InChI=1S/C14H25N3O2/c1-14(7-3-4-8-16-14)13(19)17-9-5-6-11(10-17)12(18)15-2/h11,16H,3-10H2,1-2H3,(H,15,18). The Hall–Kier alpha value is -1.10. The third-order valence-corrected chi connectivity index (χ3v) is 4.42. The van der Waals surface area contributed by atoms with E-state index in [1.807, 2.05) is 11.8 Å². The first-order valence-electron chi connectivity index (χ1n) is 7.33. The molecular weight excluding hydrogens is 242 g/mol. The highest BCUT2D eigenvalue weighted by atomic mass is 16.2. The smallest absolute Gasteiger partial charge is 0.242 e. The number of likely N-dealkylation sites (tertiary alicyclic amines) is 1. The summed E-state index contributed by atoms with van der Waals surface area (Å²) < 4.78 is 0. The summed E-state index contributed by atoms with van der Waals surface area (Å²) in [7, 11) is 1.66. The molecule has 2 N–H and O–H groups in total. The van der Waals surface area contributed by atoms with Crippen molar-refractivity contribution in [3.63, 3.8) is 0 Å². The number of hydrogen-bond acceptors (Lipinski definition) is 3. The summed E-state index contributed by atoms with van der Waals surface area (Å²) in [4.78, 5) is 26.3. The van der Waals surface area contributed by atoms with Gasteiger partial charge in [0.1, 0.15) is 0 Å². The molecule has 0 aromatic heterocycles. The van der Waals surface area contributed by atoms with Gasteiger partial charge in [-0.1, -0.05) is 0 Å². The number of piperidine rings is 2. The zero-order valence-corrected chi connectivity index (χ0v) is 12.0. The lowest BCUT2D eigenvalue weighted by Crippen LogP contribution is -2.60. The van der Waals surface area contributed by atoms with Crippen LogP contribution in [0.4, 0.5) is 0 Å². The van der Waals surface area contributed by atoms with Crippen molar-refractivity contribution in [3.05, 3.63) is 0 Å². The molecule has 5 nitrogen and oxygen atoms in total. The first-order valence-corrected chi connectivity index (χ1v) is 7.33. The predicted octanol–water partition coefficient (Wildman–Crippen LogP) is 0.503. The van der Waals surface area contributed by atoms with Crippen molar-refractivity contribution in [2.75, 3.05) is 26.7 Å². The number of rotatable bonds is 2. The highest BCUT2D eigenvalue weighted by molar-refractivity contribution is 5.87. The number of hydrogen-bond donors (Lipinski definition) is 2. The fourth-order valence-corrected chi connectivity index (χ4v) is 3.17. The van der Waals surface area contributed by atoms with Crippen LogP contribution in [0.3, 0.4) is 0 Å². The monoisotopic (exact) mass is 267 g/mol. The van der Waals surface area contributed by atoms with Crippen molar-refractivity contribution in [1.29, 1.82) is 0 Å². The molecule has 2 unspecified atom stereocenters. The third kappa shape index (κ3) is 3.08. The SMILES string of the molecule is CNC(=O)C1CCCN(C(=O)C2(C)CCCCN2)C1. The van der Waals surface area contributed by atoms with Crippen LogP contribution in [0, 0.1) is 5.92 Å². The molecule has 0 radical (unpaired) electrons. The summed E-state index contributed by atoms with van der Waals surface area (Å²) in [5.74, 6) is 0.176. The molecule has 2 fully saturated rings. The normalized spacial score (nSPS) is 31.9. The average Bonchev–Trinajstić information content (AvgIpc) is 2.46. The fraction of sp³-hybridized carbons (Fsp3) is 0.857. The summed E-state index contributed by atoms with van der Waals surface area (Å²) in [5.41, 5.74) is -0.428. The van der Waals surface area contributed by atoms with E-state index < -0.39 is 5.54 Å². The minimum Gasteiger partial charge on any atom is -0.359 e. The lowest BCUT2D eigenvalue weighted by atomic mass is 9.87. The molecule has 2 aliphatic heterocycles. The summed E-state index contributed by atoms with van der Waals surface area (Å²) in [6.45, 7) is 4.26. The molecule has 5 heteroatoms. The Morgan fingerprint density at radius 1 is 1.32 bits per heavy atom. The predicted molar refractivity (Wildman–Crippen MR) is 73.6 cm³/mol. The Bertz CT molecular complexity index is 351. The van der Waals surface area contributed by atoms with Gasteiger partial charge in [-0.15, -0.1) is 0 Å². The maximum absolute atomic E-state index is 12.7. The highest BCUT2D eigenvalue weighted by Gasteiger charge is 2.39. The Labute approximate surface area is 115 Å².